The topological polar surface area (TPSA) is 48.1 Å². The first-order chi connectivity index (χ1) is 8.56. The molecule has 0 fully saturated rings. The van der Waals surface area contributed by atoms with Crippen molar-refractivity contribution in [3.63, 3.8) is 0 Å². The molecule has 0 saturated carbocycles. The first-order valence-corrected chi connectivity index (χ1v) is 6.17. The SMILES string of the molecule is Nc1cc(COc2cc(Cl)c(Cl)cc2Cl)ccn1. The van der Waals surface area contributed by atoms with Crippen molar-refractivity contribution >= 4 is 40.6 Å². The molecule has 94 valence electrons. The Morgan fingerprint density at radius 1 is 1.06 bits per heavy atom. The largest absolute Gasteiger partial charge is 0.487 e. The molecule has 2 aromatic rings. The Balaban J connectivity index is 2.13. The van der Waals surface area contributed by atoms with E-state index in [4.69, 9.17) is 45.3 Å². The fourth-order valence-corrected chi connectivity index (χ4v) is 1.95. The van der Waals surface area contributed by atoms with E-state index in [0.717, 1.165) is 5.56 Å². The van der Waals surface area contributed by atoms with Gasteiger partial charge in [-0.3, -0.25) is 0 Å². The molecule has 1 heterocycles. The molecule has 0 amide bonds. The second-order valence-corrected chi connectivity index (χ2v) is 4.80. The van der Waals surface area contributed by atoms with Crippen molar-refractivity contribution in [1.82, 2.24) is 4.98 Å². The van der Waals surface area contributed by atoms with Crippen LogP contribution < -0.4 is 10.5 Å². The Morgan fingerprint density at radius 2 is 1.78 bits per heavy atom. The van der Waals surface area contributed by atoms with Crippen LogP contribution in [0.3, 0.4) is 0 Å². The van der Waals surface area contributed by atoms with E-state index in [1.165, 1.54) is 0 Å². The van der Waals surface area contributed by atoms with Crippen molar-refractivity contribution in [2.24, 2.45) is 0 Å². The van der Waals surface area contributed by atoms with Gasteiger partial charge in [0.2, 0.25) is 0 Å². The number of anilines is 1. The molecule has 0 saturated heterocycles. The van der Waals surface area contributed by atoms with E-state index in [9.17, 15) is 0 Å². The molecule has 2 rings (SSSR count). The van der Waals surface area contributed by atoms with Crippen LogP contribution >= 0.6 is 34.8 Å². The average Bonchev–Trinajstić information content (AvgIpc) is 2.32. The Labute approximate surface area is 119 Å². The molecule has 6 heteroatoms. The number of hydrogen-bond acceptors (Lipinski definition) is 3. The summed E-state index contributed by atoms with van der Waals surface area (Å²) in [4.78, 5) is 3.90. The monoisotopic (exact) mass is 302 g/mol. The van der Waals surface area contributed by atoms with Crippen molar-refractivity contribution in [1.29, 1.82) is 0 Å². The Kier molecular flexibility index (Phi) is 4.17. The number of nitrogens with two attached hydrogens (primary N) is 1. The highest BCUT2D eigenvalue weighted by Crippen LogP contribution is 2.34. The first kappa shape index (κ1) is 13.3. The van der Waals surface area contributed by atoms with Crippen molar-refractivity contribution in [2.75, 3.05) is 5.73 Å². The summed E-state index contributed by atoms with van der Waals surface area (Å²) < 4.78 is 5.56. The van der Waals surface area contributed by atoms with Crippen molar-refractivity contribution in [3.8, 4) is 5.75 Å². The molecule has 0 aliphatic carbocycles. The zero-order valence-electron chi connectivity index (χ0n) is 9.16. The molecule has 2 N–H and O–H groups in total. The highest BCUT2D eigenvalue weighted by molar-refractivity contribution is 6.43. The lowest BCUT2D eigenvalue weighted by molar-refractivity contribution is 0.306. The number of pyridine rings is 1. The minimum Gasteiger partial charge on any atom is -0.487 e. The third-order valence-corrected chi connectivity index (χ3v) is 3.23. The molecule has 0 spiro atoms. The normalized spacial score (nSPS) is 10.4. The summed E-state index contributed by atoms with van der Waals surface area (Å²) in [5.74, 6) is 0.915. The number of nitrogens with zero attached hydrogens (tertiary/aromatic N) is 1. The number of nitrogen functional groups attached to an aromatic ring is 1. The fraction of sp³-hybridized carbons (Fsp3) is 0.0833. The van der Waals surface area contributed by atoms with Gasteiger partial charge in [0.05, 0.1) is 15.1 Å². The number of halogens is 3. The van der Waals surface area contributed by atoms with Crippen LogP contribution in [0.2, 0.25) is 15.1 Å². The van der Waals surface area contributed by atoms with E-state index < -0.39 is 0 Å². The maximum Gasteiger partial charge on any atom is 0.139 e. The first-order valence-electron chi connectivity index (χ1n) is 5.04. The fourth-order valence-electron chi connectivity index (χ4n) is 1.36. The van der Waals surface area contributed by atoms with Crippen molar-refractivity contribution < 1.29 is 4.74 Å². The van der Waals surface area contributed by atoms with Gasteiger partial charge in [0, 0.05) is 12.3 Å². The minimum atomic E-state index is 0.324. The zero-order valence-corrected chi connectivity index (χ0v) is 11.4. The second-order valence-electron chi connectivity index (χ2n) is 3.57. The molecular weight excluding hydrogens is 295 g/mol. The van der Waals surface area contributed by atoms with E-state index >= 15 is 0 Å². The number of ether oxygens (including phenoxy) is 1. The van der Waals surface area contributed by atoms with Gasteiger partial charge in [0.25, 0.3) is 0 Å². The summed E-state index contributed by atoms with van der Waals surface area (Å²) in [5, 5.41) is 1.19. The quantitative estimate of drug-likeness (QED) is 0.864. The molecule has 0 atom stereocenters. The van der Waals surface area contributed by atoms with Crippen LogP contribution in [0.25, 0.3) is 0 Å². The van der Waals surface area contributed by atoms with Crippen LogP contribution in [0.1, 0.15) is 5.56 Å². The van der Waals surface area contributed by atoms with Gasteiger partial charge in [-0.25, -0.2) is 4.98 Å². The second kappa shape index (κ2) is 5.65. The Bertz CT molecular complexity index is 575. The minimum absolute atomic E-state index is 0.324. The smallest absolute Gasteiger partial charge is 0.139 e. The van der Waals surface area contributed by atoms with E-state index in [0.29, 0.717) is 33.2 Å². The molecule has 1 aromatic heterocycles. The summed E-state index contributed by atoms with van der Waals surface area (Å²) in [5.41, 5.74) is 6.46. The third-order valence-electron chi connectivity index (χ3n) is 2.21. The summed E-state index contributed by atoms with van der Waals surface area (Å²) in [6.45, 7) is 0.324. The van der Waals surface area contributed by atoms with Gasteiger partial charge in [-0.2, -0.15) is 0 Å². The van der Waals surface area contributed by atoms with Gasteiger partial charge in [-0.1, -0.05) is 34.8 Å². The van der Waals surface area contributed by atoms with E-state index in [-0.39, 0.29) is 0 Å². The highest BCUT2D eigenvalue weighted by Gasteiger charge is 2.07. The van der Waals surface area contributed by atoms with Crippen LogP contribution in [0, 0.1) is 0 Å². The van der Waals surface area contributed by atoms with Gasteiger partial charge in [0.15, 0.2) is 0 Å². The third kappa shape index (κ3) is 3.19. The number of rotatable bonds is 3. The van der Waals surface area contributed by atoms with Gasteiger partial charge in [0.1, 0.15) is 18.2 Å². The van der Waals surface area contributed by atoms with Crippen molar-refractivity contribution in [3.05, 3.63) is 51.1 Å². The van der Waals surface area contributed by atoms with Gasteiger partial charge in [-0.15, -0.1) is 0 Å². The van der Waals surface area contributed by atoms with Crippen LogP contribution in [0.15, 0.2) is 30.5 Å². The predicted octanol–water partition coefficient (Wildman–Crippen LogP) is 4.20. The molecular formula is C12H9Cl3N2O. The number of hydrogen-bond donors (Lipinski definition) is 1. The number of benzene rings is 1. The predicted molar refractivity (Wildman–Crippen MR) is 74.5 cm³/mol. The molecule has 1 aromatic carbocycles. The highest BCUT2D eigenvalue weighted by atomic mass is 35.5. The number of aromatic nitrogens is 1. The lowest BCUT2D eigenvalue weighted by Gasteiger charge is -2.09. The van der Waals surface area contributed by atoms with Crippen molar-refractivity contribution in [2.45, 2.75) is 6.61 Å². The van der Waals surface area contributed by atoms with Gasteiger partial charge in [-0.05, 0) is 23.8 Å². The van der Waals surface area contributed by atoms with E-state index in [2.05, 4.69) is 4.98 Å². The lowest BCUT2D eigenvalue weighted by atomic mass is 10.3. The van der Waals surface area contributed by atoms with E-state index in [1.807, 2.05) is 6.07 Å². The molecule has 18 heavy (non-hydrogen) atoms. The van der Waals surface area contributed by atoms with Crippen LogP contribution in [0.5, 0.6) is 5.75 Å². The average molecular weight is 304 g/mol. The molecule has 0 radical (unpaired) electrons. The van der Waals surface area contributed by atoms with Crippen LogP contribution in [-0.2, 0) is 6.61 Å². The maximum atomic E-state index is 5.99. The van der Waals surface area contributed by atoms with Gasteiger partial charge >= 0.3 is 0 Å². The maximum absolute atomic E-state index is 5.99. The molecule has 0 aliphatic rings. The molecule has 3 nitrogen and oxygen atoms in total. The van der Waals surface area contributed by atoms with Crippen LogP contribution in [0.4, 0.5) is 5.82 Å². The van der Waals surface area contributed by atoms with E-state index in [1.54, 1.807) is 24.4 Å². The summed E-state index contributed by atoms with van der Waals surface area (Å²) in [7, 11) is 0. The zero-order chi connectivity index (χ0) is 13.1. The molecule has 0 unspecified atom stereocenters. The molecule has 0 aliphatic heterocycles. The van der Waals surface area contributed by atoms with Crippen LogP contribution in [-0.4, -0.2) is 4.98 Å². The summed E-state index contributed by atoms with van der Waals surface area (Å²) in [6, 6.07) is 6.66. The molecule has 0 bridgehead atoms. The standard InChI is InChI=1S/C12H9Cl3N2O/c13-8-4-10(15)11(5-9(8)14)18-6-7-1-2-17-12(16)3-7/h1-5H,6H2,(H2,16,17). The summed E-state index contributed by atoms with van der Waals surface area (Å²) in [6.07, 6.45) is 1.62. The Hall–Kier alpha value is -1.16. The van der Waals surface area contributed by atoms with Gasteiger partial charge < -0.3 is 10.5 Å². The Morgan fingerprint density at radius 3 is 2.50 bits per heavy atom. The summed E-state index contributed by atoms with van der Waals surface area (Å²) >= 11 is 17.7. The lowest BCUT2D eigenvalue weighted by Crippen LogP contribution is -1.98.